The van der Waals surface area contributed by atoms with Crippen LogP contribution in [0.15, 0.2) is 18.2 Å². The molecule has 2 N–H and O–H groups in total. The van der Waals surface area contributed by atoms with Gasteiger partial charge in [0, 0.05) is 20.6 Å². The Balaban J connectivity index is 2.30. The van der Waals surface area contributed by atoms with Crippen LogP contribution in [0, 0.1) is 10.1 Å². The number of amides is 1. The highest BCUT2D eigenvalue weighted by Gasteiger charge is 2.31. The molecule has 0 aliphatic carbocycles. The van der Waals surface area contributed by atoms with Gasteiger partial charge in [-0.05, 0) is 18.6 Å². The van der Waals surface area contributed by atoms with Crippen molar-refractivity contribution in [1.29, 1.82) is 0 Å². The lowest BCUT2D eigenvalue weighted by Crippen LogP contribution is -2.31. The summed E-state index contributed by atoms with van der Waals surface area (Å²) in [6.07, 6.45) is 0.649. The van der Waals surface area contributed by atoms with Gasteiger partial charge in [-0.25, -0.2) is 0 Å². The molecule has 0 bridgehead atoms. The molecule has 7 nitrogen and oxygen atoms in total. The summed E-state index contributed by atoms with van der Waals surface area (Å²) in [6, 6.07) is 4.57. The number of carbonyl (C=O) groups excluding carboxylic acids is 1. The number of nitrogens with one attached hydrogen (secondary N) is 2. The molecule has 1 saturated heterocycles. The predicted molar refractivity (Wildman–Crippen MR) is 72.3 cm³/mol. The van der Waals surface area contributed by atoms with Crippen molar-refractivity contribution >= 4 is 23.0 Å². The molecule has 19 heavy (non-hydrogen) atoms. The lowest BCUT2D eigenvalue weighted by Gasteiger charge is -2.14. The number of nitro benzene ring substituents is 1. The first kappa shape index (κ1) is 13.1. The van der Waals surface area contributed by atoms with Gasteiger partial charge in [0.1, 0.15) is 17.4 Å². The Labute approximate surface area is 110 Å². The van der Waals surface area contributed by atoms with Crippen LogP contribution in [0.25, 0.3) is 0 Å². The number of anilines is 2. The smallest absolute Gasteiger partial charge is 0.315 e. The second-order valence-electron chi connectivity index (χ2n) is 4.45. The molecular weight excluding hydrogens is 248 g/mol. The van der Waals surface area contributed by atoms with E-state index < -0.39 is 11.0 Å². The van der Waals surface area contributed by atoms with Gasteiger partial charge >= 0.3 is 5.69 Å². The first-order valence-electron chi connectivity index (χ1n) is 6.01. The molecule has 0 radical (unpaired) electrons. The molecule has 1 amide bonds. The first-order chi connectivity index (χ1) is 9.04. The van der Waals surface area contributed by atoms with Gasteiger partial charge in [0.25, 0.3) is 0 Å². The predicted octanol–water partition coefficient (Wildman–Crippen LogP) is 1.28. The zero-order valence-corrected chi connectivity index (χ0v) is 10.8. The van der Waals surface area contributed by atoms with Crippen LogP contribution in [0.1, 0.15) is 6.42 Å². The number of benzene rings is 1. The largest absolute Gasteiger partial charge is 0.382 e. The third kappa shape index (κ3) is 2.44. The average molecular weight is 264 g/mol. The first-order valence-corrected chi connectivity index (χ1v) is 6.01. The number of nitrogens with zero attached hydrogens (tertiary/aromatic N) is 2. The van der Waals surface area contributed by atoms with Crippen LogP contribution >= 0.6 is 0 Å². The number of likely N-dealkylation sites (tertiary alicyclic amines) is 1. The molecule has 0 aromatic heterocycles. The van der Waals surface area contributed by atoms with E-state index in [0.717, 1.165) is 0 Å². The standard InChI is InChI=1S/C12H16N4O3/c1-13-8-4-3-5-9(11(8)16(18)19)14-10-6-7-15(2)12(10)17/h3-5,10,13-14H,6-7H2,1-2H3. The van der Waals surface area contributed by atoms with Crippen molar-refractivity contribution in [2.75, 3.05) is 31.3 Å². The van der Waals surface area contributed by atoms with Gasteiger partial charge in [0.05, 0.1) is 4.92 Å². The highest BCUT2D eigenvalue weighted by Crippen LogP contribution is 2.33. The zero-order chi connectivity index (χ0) is 14.0. The van der Waals surface area contributed by atoms with Crippen molar-refractivity contribution < 1.29 is 9.72 Å². The van der Waals surface area contributed by atoms with Crippen LogP contribution in [0.3, 0.4) is 0 Å². The molecule has 1 atom stereocenters. The number of para-hydroxylation sites is 1. The zero-order valence-electron chi connectivity index (χ0n) is 10.8. The van der Waals surface area contributed by atoms with E-state index in [0.29, 0.717) is 24.3 Å². The van der Waals surface area contributed by atoms with Crippen LogP contribution in [0.5, 0.6) is 0 Å². The van der Waals surface area contributed by atoms with Crippen molar-refractivity contribution in [2.24, 2.45) is 0 Å². The van der Waals surface area contributed by atoms with Crippen molar-refractivity contribution in [3.05, 3.63) is 28.3 Å². The molecule has 1 aromatic carbocycles. The Morgan fingerprint density at radius 3 is 2.63 bits per heavy atom. The van der Waals surface area contributed by atoms with Gasteiger partial charge in [-0.15, -0.1) is 0 Å². The summed E-state index contributed by atoms with van der Waals surface area (Å²) in [6.45, 7) is 0.663. The fraction of sp³-hybridized carbons (Fsp3) is 0.417. The van der Waals surface area contributed by atoms with E-state index >= 15 is 0 Å². The molecule has 1 heterocycles. The highest BCUT2D eigenvalue weighted by molar-refractivity contribution is 5.88. The number of hydrogen-bond donors (Lipinski definition) is 2. The summed E-state index contributed by atoms with van der Waals surface area (Å²) in [4.78, 5) is 24.1. The summed E-state index contributed by atoms with van der Waals surface area (Å²) in [7, 11) is 3.35. The van der Waals surface area contributed by atoms with Crippen LogP contribution in [0.2, 0.25) is 0 Å². The monoisotopic (exact) mass is 264 g/mol. The second-order valence-corrected chi connectivity index (χ2v) is 4.45. The molecule has 2 rings (SSSR count). The maximum Gasteiger partial charge on any atom is 0.315 e. The maximum atomic E-state index is 11.8. The summed E-state index contributed by atoms with van der Waals surface area (Å²) in [5.74, 6) is -0.0378. The quantitative estimate of drug-likeness (QED) is 0.631. The van der Waals surface area contributed by atoms with Gasteiger partial charge in [-0.1, -0.05) is 6.07 Å². The minimum absolute atomic E-state index is 0.0349. The van der Waals surface area contributed by atoms with Gasteiger partial charge in [-0.2, -0.15) is 0 Å². The molecule has 1 aromatic rings. The van der Waals surface area contributed by atoms with E-state index in [9.17, 15) is 14.9 Å². The third-order valence-electron chi connectivity index (χ3n) is 3.25. The minimum Gasteiger partial charge on any atom is -0.382 e. The third-order valence-corrected chi connectivity index (χ3v) is 3.25. The number of hydrogen-bond acceptors (Lipinski definition) is 5. The minimum atomic E-state index is -0.447. The van der Waals surface area contributed by atoms with E-state index in [4.69, 9.17) is 0 Å². The van der Waals surface area contributed by atoms with E-state index in [-0.39, 0.29) is 11.6 Å². The van der Waals surface area contributed by atoms with Crippen molar-refractivity contribution in [3.63, 3.8) is 0 Å². The summed E-state index contributed by atoms with van der Waals surface area (Å²) in [5, 5.41) is 16.9. The number of carbonyl (C=O) groups is 1. The molecule has 0 saturated carbocycles. The van der Waals surface area contributed by atoms with Gasteiger partial charge in [0.2, 0.25) is 5.91 Å². The molecule has 0 spiro atoms. The van der Waals surface area contributed by atoms with Gasteiger partial charge < -0.3 is 15.5 Å². The van der Waals surface area contributed by atoms with Gasteiger partial charge in [0.15, 0.2) is 0 Å². The van der Waals surface area contributed by atoms with Crippen LogP contribution < -0.4 is 10.6 Å². The molecule has 1 fully saturated rings. The fourth-order valence-corrected chi connectivity index (χ4v) is 2.20. The lowest BCUT2D eigenvalue weighted by molar-refractivity contribution is -0.383. The molecule has 1 aliphatic rings. The summed E-state index contributed by atoms with van der Waals surface area (Å²) in [5.41, 5.74) is 0.756. The van der Waals surface area contributed by atoms with Crippen LogP contribution in [0.4, 0.5) is 17.1 Å². The normalized spacial score (nSPS) is 18.5. The SMILES string of the molecule is CNc1cccc(NC2CCN(C)C2=O)c1[N+](=O)[O-]. The average Bonchev–Trinajstić information content (AvgIpc) is 2.70. The Kier molecular flexibility index (Phi) is 3.55. The number of likely N-dealkylation sites (N-methyl/N-ethyl adjacent to an activating group) is 1. The lowest BCUT2D eigenvalue weighted by atomic mass is 10.2. The van der Waals surface area contributed by atoms with E-state index in [2.05, 4.69) is 10.6 Å². The fourth-order valence-electron chi connectivity index (χ4n) is 2.20. The van der Waals surface area contributed by atoms with E-state index in [1.807, 2.05) is 0 Å². The van der Waals surface area contributed by atoms with Gasteiger partial charge in [-0.3, -0.25) is 14.9 Å². The number of nitro groups is 1. The van der Waals surface area contributed by atoms with Crippen molar-refractivity contribution in [3.8, 4) is 0 Å². The Hall–Kier alpha value is -2.31. The van der Waals surface area contributed by atoms with Crippen LogP contribution in [-0.4, -0.2) is 42.4 Å². The molecule has 7 heteroatoms. The van der Waals surface area contributed by atoms with Crippen LogP contribution in [-0.2, 0) is 4.79 Å². The molecule has 102 valence electrons. The van der Waals surface area contributed by atoms with E-state index in [1.165, 1.54) is 0 Å². The molecular formula is C12H16N4O3. The maximum absolute atomic E-state index is 11.8. The molecule has 1 aliphatic heterocycles. The van der Waals surface area contributed by atoms with E-state index in [1.54, 1.807) is 37.2 Å². The summed E-state index contributed by atoms with van der Waals surface area (Å²) < 4.78 is 0. The molecule has 1 unspecified atom stereocenters. The van der Waals surface area contributed by atoms with Crippen molar-refractivity contribution in [2.45, 2.75) is 12.5 Å². The Bertz CT molecular complexity index is 518. The summed E-state index contributed by atoms with van der Waals surface area (Å²) >= 11 is 0. The van der Waals surface area contributed by atoms with Crippen molar-refractivity contribution in [1.82, 2.24) is 4.90 Å². The second kappa shape index (κ2) is 5.13. The highest BCUT2D eigenvalue weighted by atomic mass is 16.6. The Morgan fingerprint density at radius 1 is 1.42 bits per heavy atom. The number of rotatable bonds is 4. The Morgan fingerprint density at radius 2 is 2.11 bits per heavy atom. The topological polar surface area (TPSA) is 87.5 Å².